The first-order valence-corrected chi connectivity index (χ1v) is 9.02. The number of aryl methyl sites for hydroxylation is 1. The second kappa shape index (κ2) is 16.3. The highest BCUT2D eigenvalue weighted by molar-refractivity contribution is 5.94. The predicted molar refractivity (Wildman–Crippen MR) is 101 cm³/mol. The Morgan fingerprint density at radius 3 is 1.91 bits per heavy atom. The van der Waals surface area contributed by atoms with Gasteiger partial charge < -0.3 is 0 Å². The average Bonchev–Trinajstić information content (AvgIpc) is 2.53. The van der Waals surface area contributed by atoms with E-state index in [1.807, 2.05) is 24.3 Å². The Labute approximate surface area is 139 Å². The maximum atomic E-state index is 10.9. The Bertz CT molecular complexity index is 364. The summed E-state index contributed by atoms with van der Waals surface area (Å²) < 4.78 is 0. The third-order valence-corrected chi connectivity index (χ3v) is 3.38. The third kappa shape index (κ3) is 15.3. The van der Waals surface area contributed by atoms with Gasteiger partial charge >= 0.3 is 0 Å². The molecule has 0 saturated carbocycles. The lowest BCUT2D eigenvalue weighted by Gasteiger charge is -1.98. The summed E-state index contributed by atoms with van der Waals surface area (Å²) >= 11 is 0. The van der Waals surface area contributed by atoms with Crippen molar-refractivity contribution in [3.63, 3.8) is 0 Å². The molecule has 0 bridgehead atoms. The van der Waals surface area contributed by atoms with E-state index in [0.29, 0.717) is 0 Å². The highest BCUT2D eigenvalue weighted by Gasteiger charge is 1.97. The highest BCUT2D eigenvalue weighted by atomic mass is 16.1. The summed E-state index contributed by atoms with van der Waals surface area (Å²) in [6, 6.07) is 7.76. The number of hydrogen-bond donors (Lipinski definition) is 0. The number of rotatable bonds is 6. The van der Waals surface area contributed by atoms with Gasteiger partial charge in [0.2, 0.25) is 0 Å². The van der Waals surface area contributed by atoms with E-state index < -0.39 is 0 Å². The molecule has 1 aromatic carbocycles. The SMILES string of the molecule is CCCC.CCCCC(C)C.CCc1cccc(C(C)=O)c1. The minimum Gasteiger partial charge on any atom is -0.295 e. The predicted octanol–water partition coefficient (Wildman–Crippen LogP) is 7.09. The number of benzene rings is 1. The molecule has 0 fully saturated rings. The van der Waals surface area contributed by atoms with Crippen molar-refractivity contribution in [2.24, 2.45) is 5.92 Å². The molecule has 0 amide bonds. The molecule has 1 aromatic rings. The monoisotopic (exact) mass is 306 g/mol. The van der Waals surface area contributed by atoms with Gasteiger partial charge in [-0.1, -0.05) is 91.8 Å². The van der Waals surface area contributed by atoms with E-state index >= 15 is 0 Å². The fraction of sp³-hybridized carbons (Fsp3) is 0.667. The van der Waals surface area contributed by atoms with Crippen molar-refractivity contribution < 1.29 is 4.79 Å². The van der Waals surface area contributed by atoms with Crippen LogP contribution in [0.3, 0.4) is 0 Å². The van der Waals surface area contributed by atoms with E-state index in [0.717, 1.165) is 17.9 Å². The van der Waals surface area contributed by atoms with Gasteiger partial charge in [-0.05, 0) is 30.9 Å². The number of carbonyl (C=O) groups excluding carboxylic acids is 1. The van der Waals surface area contributed by atoms with Crippen LogP contribution in [0.2, 0.25) is 0 Å². The van der Waals surface area contributed by atoms with Crippen LogP contribution >= 0.6 is 0 Å². The standard InChI is InChI=1S/C10H12O.C7H16.C4H10/c1-3-9-5-4-6-10(7-9)8(2)11;1-4-5-6-7(2)3;1-3-4-2/h4-7H,3H2,1-2H3;7H,4-6H2,1-3H3;3-4H2,1-2H3. The molecule has 22 heavy (non-hydrogen) atoms. The fourth-order valence-corrected chi connectivity index (χ4v) is 1.62. The van der Waals surface area contributed by atoms with Crippen LogP contribution in [0.15, 0.2) is 24.3 Å². The van der Waals surface area contributed by atoms with E-state index in [1.165, 1.54) is 37.7 Å². The maximum Gasteiger partial charge on any atom is 0.159 e. The molecule has 0 atom stereocenters. The minimum atomic E-state index is 0.139. The van der Waals surface area contributed by atoms with Gasteiger partial charge in [-0.3, -0.25) is 4.79 Å². The first-order valence-electron chi connectivity index (χ1n) is 9.02. The number of Topliss-reactive ketones (excluding diaryl/α,β-unsaturated/α-hetero) is 1. The molecule has 1 heteroatoms. The molecule has 0 aromatic heterocycles. The van der Waals surface area contributed by atoms with Crippen molar-refractivity contribution in [1.82, 2.24) is 0 Å². The maximum absolute atomic E-state index is 10.9. The first kappa shape index (κ1) is 23.2. The summed E-state index contributed by atoms with van der Waals surface area (Å²) in [5.74, 6) is 1.04. The zero-order chi connectivity index (χ0) is 17.4. The summed E-state index contributed by atoms with van der Waals surface area (Å²) in [6.45, 7) is 14.8. The first-order chi connectivity index (χ1) is 10.4. The average molecular weight is 307 g/mol. The van der Waals surface area contributed by atoms with E-state index in [-0.39, 0.29) is 5.78 Å². The van der Waals surface area contributed by atoms with Crippen molar-refractivity contribution in [3.05, 3.63) is 35.4 Å². The van der Waals surface area contributed by atoms with Gasteiger partial charge in [-0.25, -0.2) is 0 Å². The Kier molecular flexibility index (Phi) is 17.1. The molecule has 128 valence electrons. The summed E-state index contributed by atoms with van der Waals surface area (Å²) in [7, 11) is 0. The molecule has 0 aliphatic heterocycles. The van der Waals surface area contributed by atoms with E-state index in [4.69, 9.17) is 0 Å². The lowest BCUT2D eigenvalue weighted by molar-refractivity contribution is 0.101. The largest absolute Gasteiger partial charge is 0.295 e. The second-order valence-electron chi connectivity index (χ2n) is 6.15. The smallest absolute Gasteiger partial charge is 0.159 e. The van der Waals surface area contributed by atoms with Gasteiger partial charge in [-0.15, -0.1) is 0 Å². The van der Waals surface area contributed by atoms with Crippen LogP contribution in [-0.4, -0.2) is 5.78 Å². The lowest BCUT2D eigenvalue weighted by Crippen LogP contribution is -1.92. The van der Waals surface area contributed by atoms with E-state index in [9.17, 15) is 4.79 Å². The van der Waals surface area contributed by atoms with E-state index in [1.54, 1.807) is 6.92 Å². The van der Waals surface area contributed by atoms with Gasteiger partial charge in [0.1, 0.15) is 0 Å². The second-order valence-corrected chi connectivity index (χ2v) is 6.15. The highest BCUT2D eigenvalue weighted by Crippen LogP contribution is 2.06. The van der Waals surface area contributed by atoms with Gasteiger partial charge in [0.05, 0.1) is 0 Å². The van der Waals surface area contributed by atoms with Gasteiger partial charge in [0, 0.05) is 5.56 Å². The summed E-state index contributed by atoms with van der Waals surface area (Å²) in [6.07, 6.45) is 7.77. The van der Waals surface area contributed by atoms with Crippen LogP contribution in [0.25, 0.3) is 0 Å². The van der Waals surface area contributed by atoms with Crippen LogP contribution in [0, 0.1) is 5.92 Å². The minimum absolute atomic E-state index is 0.139. The Morgan fingerprint density at radius 2 is 1.59 bits per heavy atom. The van der Waals surface area contributed by atoms with Crippen LogP contribution < -0.4 is 0 Å². The van der Waals surface area contributed by atoms with Gasteiger partial charge in [0.25, 0.3) is 0 Å². The molecule has 0 N–H and O–H groups in total. The molecular weight excluding hydrogens is 268 g/mol. The normalized spacial score (nSPS) is 9.45. The van der Waals surface area contributed by atoms with Gasteiger partial charge in [-0.2, -0.15) is 0 Å². The van der Waals surface area contributed by atoms with Crippen molar-refractivity contribution >= 4 is 5.78 Å². The summed E-state index contributed by atoms with van der Waals surface area (Å²) in [5.41, 5.74) is 2.03. The van der Waals surface area contributed by atoms with Gasteiger partial charge in [0.15, 0.2) is 5.78 Å². The molecule has 0 radical (unpaired) electrons. The fourth-order valence-electron chi connectivity index (χ4n) is 1.62. The Hall–Kier alpha value is -1.11. The molecule has 1 rings (SSSR count). The van der Waals surface area contributed by atoms with E-state index in [2.05, 4.69) is 41.5 Å². The van der Waals surface area contributed by atoms with Crippen LogP contribution in [-0.2, 0) is 6.42 Å². The molecule has 0 unspecified atom stereocenters. The Morgan fingerprint density at radius 1 is 1.00 bits per heavy atom. The number of unbranched alkanes of at least 4 members (excludes halogenated alkanes) is 2. The van der Waals surface area contributed by atoms with Crippen molar-refractivity contribution in [2.45, 2.75) is 87.0 Å². The van der Waals surface area contributed by atoms with Crippen molar-refractivity contribution in [2.75, 3.05) is 0 Å². The molecule has 0 heterocycles. The Balaban J connectivity index is 0. The molecule has 0 aliphatic carbocycles. The van der Waals surface area contributed by atoms with Crippen LogP contribution in [0.5, 0.6) is 0 Å². The molecule has 0 saturated heterocycles. The summed E-state index contributed by atoms with van der Waals surface area (Å²) in [4.78, 5) is 10.9. The number of ketones is 1. The van der Waals surface area contributed by atoms with Crippen LogP contribution in [0.4, 0.5) is 0 Å². The number of hydrogen-bond acceptors (Lipinski definition) is 1. The topological polar surface area (TPSA) is 17.1 Å². The van der Waals surface area contributed by atoms with Crippen LogP contribution in [0.1, 0.15) is 96.5 Å². The molecule has 0 spiro atoms. The third-order valence-electron chi connectivity index (χ3n) is 3.38. The zero-order valence-electron chi connectivity index (χ0n) is 16.0. The number of carbonyl (C=O) groups is 1. The molecular formula is C21H38O. The zero-order valence-corrected chi connectivity index (χ0v) is 16.0. The lowest BCUT2D eigenvalue weighted by atomic mass is 10.1. The van der Waals surface area contributed by atoms with Crippen molar-refractivity contribution in [3.8, 4) is 0 Å². The quantitative estimate of drug-likeness (QED) is 0.513. The molecule has 1 nitrogen and oxygen atoms in total. The van der Waals surface area contributed by atoms with Crippen molar-refractivity contribution in [1.29, 1.82) is 0 Å². The molecule has 0 aliphatic rings. The summed E-state index contributed by atoms with van der Waals surface area (Å²) in [5, 5.41) is 0.